The molecule has 92 valence electrons. The smallest absolute Gasteiger partial charge is 0.140 e. The van der Waals surface area contributed by atoms with E-state index in [0.29, 0.717) is 17.9 Å². The first-order valence-corrected chi connectivity index (χ1v) is 6.10. The molecule has 1 heterocycles. The maximum absolute atomic E-state index is 4.29. The quantitative estimate of drug-likeness (QED) is 0.804. The van der Waals surface area contributed by atoms with Crippen molar-refractivity contribution >= 4 is 0 Å². The van der Waals surface area contributed by atoms with Gasteiger partial charge < -0.3 is 5.32 Å². The Morgan fingerprint density at radius 2 is 1.94 bits per heavy atom. The minimum absolute atomic E-state index is 0.504. The molecule has 0 aliphatic heterocycles. The predicted octanol–water partition coefficient (Wildman–Crippen LogP) is 2.07. The first-order chi connectivity index (χ1) is 7.50. The molecule has 0 saturated carbocycles. The third-order valence-electron chi connectivity index (χ3n) is 2.82. The van der Waals surface area contributed by atoms with Crippen molar-refractivity contribution in [1.82, 2.24) is 20.1 Å². The maximum atomic E-state index is 4.29. The van der Waals surface area contributed by atoms with Crippen LogP contribution in [-0.4, -0.2) is 20.8 Å². The molecule has 4 nitrogen and oxygen atoms in total. The molecule has 0 amide bonds. The lowest BCUT2D eigenvalue weighted by Gasteiger charge is -2.17. The SMILES string of the molecule is CC(C)Cn1ncnc1CNC(C)C(C)C. The fraction of sp³-hybridized carbons (Fsp3) is 0.833. The molecule has 0 aliphatic rings. The third kappa shape index (κ3) is 3.93. The van der Waals surface area contributed by atoms with Crippen LogP contribution in [0.1, 0.15) is 40.4 Å². The predicted molar refractivity (Wildman–Crippen MR) is 66.0 cm³/mol. The summed E-state index contributed by atoms with van der Waals surface area (Å²) in [6, 6.07) is 0.504. The highest BCUT2D eigenvalue weighted by Crippen LogP contribution is 2.04. The molecule has 1 N–H and O–H groups in total. The molecule has 1 aromatic rings. The van der Waals surface area contributed by atoms with Crippen molar-refractivity contribution in [3.8, 4) is 0 Å². The average Bonchev–Trinajstić information content (AvgIpc) is 2.60. The van der Waals surface area contributed by atoms with E-state index in [1.54, 1.807) is 6.33 Å². The second-order valence-corrected chi connectivity index (χ2v) is 5.17. The molecular formula is C12H24N4. The van der Waals surface area contributed by atoms with Crippen LogP contribution < -0.4 is 5.32 Å². The van der Waals surface area contributed by atoms with E-state index in [0.717, 1.165) is 18.9 Å². The summed E-state index contributed by atoms with van der Waals surface area (Å²) in [5.74, 6) is 2.27. The molecule has 0 saturated heterocycles. The van der Waals surface area contributed by atoms with Crippen LogP contribution >= 0.6 is 0 Å². The Balaban J connectivity index is 2.50. The standard InChI is InChI=1S/C12H24N4/c1-9(2)7-16-12(14-8-15-16)6-13-11(5)10(3)4/h8-11,13H,6-7H2,1-5H3. The topological polar surface area (TPSA) is 42.7 Å². The van der Waals surface area contributed by atoms with Crippen molar-refractivity contribution in [2.75, 3.05) is 0 Å². The number of nitrogens with zero attached hydrogens (tertiary/aromatic N) is 3. The van der Waals surface area contributed by atoms with Gasteiger partial charge in [-0.15, -0.1) is 0 Å². The minimum Gasteiger partial charge on any atom is -0.307 e. The lowest BCUT2D eigenvalue weighted by atomic mass is 10.1. The summed E-state index contributed by atoms with van der Waals surface area (Å²) in [6.07, 6.45) is 1.64. The summed E-state index contributed by atoms with van der Waals surface area (Å²) in [6.45, 7) is 12.8. The summed E-state index contributed by atoms with van der Waals surface area (Å²) in [4.78, 5) is 4.29. The lowest BCUT2D eigenvalue weighted by Crippen LogP contribution is -2.31. The molecule has 1 atom stereocenters. The van der Waals surface area contributed by atoms with Crippen LogP contribution in [0.4, 0.5) is 0 Å². The van der Waals surface area contributed by atoms with Crippen LogP contribution in [0.5, 0.6) is 0 Å². The Morgan fingerprint density at radius 3 is 2.50 bits per heavy atom. The largest absolute Gasteiger partial charge is 0.307 e. The highest BCUT2D eigenvalue weighted by atomic mass is 15.3. The van der Waals surface area contributed by atoms with Crippen LogP contribution in [0.15, 0.2) is 6.33 Å². The van der Waals surface area contributed by atoms with Crippen molar-refractivity contribution in [1.29, 1.82) is 0 Å². The second-order valence-electron chi connectivity index (χ2n) is 5.17. The molecule has 0 fully saturated rings. The first kappa shape index (κ1) is 13.2. The summed E-state index contributed by atoms with van der Waals surface area (Å²) < 4.78 is 1.99. The summed E-state index contributed by atoms with van der Waals surface area (Å²) in [5.41, 5.74) is 0. The normalized spacial score (nSPS) is 13.7. The van der Waals surface area contributed by atoms with Crippen molar-refractivity contribution < 1.29 is 0 Å². The van der Waals surface area contributed by atoms with Crippen LogP contribution in [0, 0.1) is 11.8 Å². The first-order valence-electron chi connectivity index (χ1n) is 6.10. The molecule has 1 aromatic heterocycles. The van der Waals surface area contributed by atoms with E-state index in [-0.39, 0.29) is 0 Å². The van der Waals surface area contributed by atoms with E-state index in [9.17, 15) is 0 Å². The molecule has 0 spiro atoms. The molecule has 0 aromatic carbocycles. The number of hydrogen-bond donors (Lipinski definition) is 1. The Kier molecular flexibility index (Phi) is 4.93. The van der Waals surface area contributed by atoms with E-state index in [4.69, 9.17) is 0 Å². The van der Waals surface area contributed by atoms with Gasteiger partial charge in [-0.25, -0.2) is 9.67 Å². The van der Waals surface area contributed by atoms with Gasteiger partial charge in [-0.1, -0.05) is 27.7 Å². The molecule has 1 unspecified atom stereocenters. The molecule has 0 bridgehead atoms. The van der Waals surface area contributed by atoms with E-state index in [2.05, 4.69) is 50.0 Å². The third-order valence-corrected chi connectivity index (χ3v) is 2.82. The summed E-state index contributed by atoms with van der Waals surface area (Å²) in [7, 11) is 0. The van der Waals surface area contributed by atoms with Gasteiger partial charge in [-0.3, -0.25) is 0 Å². The monoisotopic (exact) mass is 224 g/mol. The van der Waals surface area contributed by atoms with Gasteiger partial charge in [0.15, 0.2) is 0 Å². The zero-order valence-electron chi connectivity index (χ0n) is 11.1. The average molecular weight is 224 g/mol. The Labute approximate surface area is 98.5 Å². The van der Waals surface area contributed by atoms with Crippen molar-refractivity contribution in [2.45, 2.75) is 53.8 Å². The van der Waals surface area contributed by atoms with E-state index in [1.165, 1.54) is 0 Å². The van der Waals surface area contributed by atoms with Crippen molar-refractivity contribution in [3.63, 3.8) is 0 Å². The number of nitrogens with one attached hydrogen (secondary N) is 1. The Morgan fingerprint density at radius 1 is 1.25 bits per heavy atom. The highest BCUT2D eigenvalue weighted by molar-refractivity contribution is 4.85. The van der Waals surface area contributed by atoms with Gasteiger partial charge in [0.25, 0.3) is 0 Å². The van der Waals surface area contributed by atoms with Gasteiger partial charge in [0.2, 0.25) is 0 Å². The van der Waals surface area contributed by atoms with Gasteiger partial charge in [-0.05, 0) is 18.8 Å². The van der Waals surface area contributed by atoms with Crippen LogP contribution in [0.25, 0.3) is 0 Å². The minimum atomic E-state index is 0.504. The zero-order chi connectivity index (χ0) is 12.1. The van der Waals surface area contributed by atoms with E-state index >= 15 is 0 Å². The number of rotatable bonds is 6. The van der Waals surface area contributed by atoms with Gasteiger partial charge >= 0.3 is 0 Å². The number of aromatic nitrogens is 3. The summed E-state index contributed by atoms with van der Waals surface area (Å²) in [5, 5.41) is 7.72. The van der Waals surface area contributed by atoms with Crippen LogP contribution in [0.3, 0.4) is 0 Å². The van der Waals surface area contributed by atoms with Crippen LogP contribution in [0.2, 0.25) is 0 Å². The van der Waals surface area contributed by atoms with Gasteiger partial charge in [0.1, 0.15) is 12.2 Å². The van der Waals surface area contributed by atoms with E-state index < -0.39 is 0 Å². The molecule has 0 aliphatic carbocycles. The Hall–Kier alpha value is -0.900. The highest BCUT2D eigenvalue weighted by Gasteiger charge is 2.09. The van der Waals surface area contributed by atoms with Crippen molar-refractivity contribution in [2.24, 2.45) is 11.8 Å². The Bertz CT molecular complexity index is 304. The fourth-order valence-corrected chi connectivity index (χ4v) is 1.41. The lowest BCUT2D eigenvalue weighted by molar-refractivity contribution is 0.403. The second kappa shape index (κ2) is 5.99. The zero-order valence-corrected chi connectivity index (χ0v) is 11.1. The maximum Gasteiger partial charge on any atom is 0.140 e. The number of hydrogen-bond acceptors (Lipinski definition) is 3. The van der Waals surface area contributed by atoms with Gasteiger partial charge in [0, 0.05) is 12.6 Å². The molecular weight excluding hydrogens is 200 g/mol. The summed E-state index contributed by atoms with van der Waals surface area (Å²) >= 11 is 0. The molecule has 16 heavy (non-hydrogen) atoms. The van der Waals surface area contributed by atoms with Gasteiger partial charge in [0.05, 0.1) is 6.54 Å². The fourth-order valence-electron chi connectivity index (χ4n) is 1.41. The molecule has 4 heteroatoms. The van der Waals surface area contributed by atoms with Crippen LogP contribution in [-0.2, 0) is 13.1 Å². The molecule has 1 rings (SSSR count). The molecule has 0 radical (unpaired) electrons. The van der Waals surface area contributed by atoms with E-state index in [1.807, 2.05) is 4.68 Å². The van der Waals surface area contributed by atoms with Crippen molar-refractivity contribution in [3.05, 3.63) is 12.2 Å². The van der Waals surface area contributed by atoms with Gasteiger partial charge in [-0.2, -0.15) is 5.10 Å².